The summed E-state index contributed by atoms with van der Waals surface area (Å²) in [5, 5.41) is 0.390. The van der Waals surface area contributed by atoms with Crippen LogP contribution in [0, 0.1) is 0 Å². The van der Waals surface area contributed by atoms with Gasteiger partial charge in [-0.05, 0) is 52.0 Å². The molecule has 0 radical (unpaired) electrons. The highest BCUT2D eigenvalue weighted by Gasteiger charge is 2.30. The minimum Gasteiger partial charge on any atom is -0.492 e. The normalized spacial score (nSPS) is 13.3. The Hall–Kier alpha value is -2.23. The minimum atomic E-state index is -4.07. The van der Waals surface area contributed by atoms with Crippen LogP contribution < -0.4 is 9.46 Å². The summed E-state index contributed by atoms with van der Waals surface area (Å²) in [5.74, 6) is -0.251. The van der Waals surface area contributed by atoms with Gasteiger partial charge in [0.25, 0.3) is 0 Å². The van der Waals surface area contributed by atoms with Crippen LogP contribution in [0.15, 0.2) is 35.4 Å². The van der Waals surface area contributed by atoms with E-state index in [0.29, 0.717) is 23.3 Å². The standard InChI is InChI=1S/C19H26N2O6S/c1-6-26-15-9-10-16(13-8-7-11-20-17(13)15)28(23,24)21-14(18(22)25-5)12-27-19(2,3)4/h7-11,14,21H,6,12H2,1-5H3/t14-/m0/s1. The highest BCUT2D eigenvalue weighted by atomic mass is 32.2. The molecular formula is C19H26N2O6S. The fourth-order valence-corrected chi connectivity index (χ4v) is 3.87. The predicted molar refractivity (Wildman–Crippen MR) is 105 cm³/mol. The average Bonchev–Trinajstić information content (AvgIpc) is 2.64. The molecule has 1 heterocycles. The Morgan fingerprint density at radius 3 is 2.57 bits per heavy atom. The van der Waals surface area contributed by atoms with Crippen molar-refractivity contribution in [1.82, 2.24) is 9.71 Å². The molecule has 8 nitrogen and oxygen atoms in total. The van der Waals surface area contributed by atoms with Gasteiger partial charge in [0.2, 0.25) is 10.0 Å². The van der Waals surface area contributed by atoms with E-state index >= 15 is 0 Å². The summed E-state index contributed by atoms with van der Waals surface area (Å²) in [5.41, 5.74) is -0.124. The third-order valence-corrected chi connectivity index (χ3v) is 5.28. The van der Waals surface area contributed by atoms with Gasteiger partial charge in [0, 0.05) is 11.6 Å². The molecule has 2 rings (SSSR count). The van der Waals surface area contributed by atoms with Gasteiger partial charge in [0.05, 0.1) is 30.8 Å². The number of pyridine rings is 1. The first kappa shape index (κ1) is 22.1. The summed E-state index contributed by atoms with van der Waals surface area (Å²) in [6.07, 6.45) is 1.56. The first-order chi connectivity index (χ1) is 13.1. The van der Waals surface area contributed by atoms with Crippen LogP contribution in [-0.2, 0) is 24.3 Å². The van der Waals surface area contributed by atoms with Gasteiger partial charge >= 0.3 is 5.97 Å². The molecule has 1 aromatic carbocycles. The second kappa shape index (κ2) is 8.85. The lowest BCUT2D eigenvalue weighted by Gasteiger charge is -2.24. The van der Waals surface area contributed by atoms with Crippen LogP contribution in [0.1, 0.15) is 27.7 Å². The van der Waals surface area contributed by atoms with Crippen molar-refractivity contribution in [1.29, 1.82) is 0 Å². The van der Waals surface area contributed by atoms with Crippen molar-refractivity contribution in [3.05, 3.63) is 30.5 Å². The molecule has 0 aliphatic rings. The molecule has 0 saturated heterocycles. The van der Waals surface area contributed by atoms with E-state index < -0.39 is 27.6 Å². The molecule has 0 aliphatic carbocycles. The van der Waals surface area contributed by atoms with Gasteiger partial charge in [-0.3, -0.25) is 9.78 Å². The van der Waals surface area contributed by atoms with Gasteiger partial charge in [-0.25, -0.2) is 8.42 Å². The molecule has 154 valence electrons. The van der Waals surface area contributed by atoms with Crippen LogP contribution in [0.3, 0.4) is 0 Å². The number of carbonyl (C=O) groups excluding carboxylic acids is 1. The van der Waals surface area contributed by atoms with Gasteiger partial charge in [-0.15, -0.1) is 0 Å². The lowest BCUT2D eigenvalue weighted by Crippen LogP contribution is -2.46. The molecule has 1 N–H and O–H groups in total. The van der Waals surface area contributed by atoms with Crippen LogP contribution in [0.25, 0.3) is 10.9 Å². The Balaban J connectivity index is 2.42. The first-order valence-electron chi connectivity index (χ1n) is 8.83. The Morgan fingerprint density at radius 2 is 1.96 bits per heavy atom. The number of benzene rings is 1. The van der Waals surface area contributed by atoms with Crippen molar-refractivity contribution in [3.8, 4) is 5.75 Å². The van der Waals surface area contributed by atoms with E-state index in [-0.39, 0.29) is 11.5 Å². The van der Waals surface area contributed by atoms with E-state index in [9.17, 15) is 13.2 Å². The van der Waals surface area contributed by atoms with Gasteiger partial charge in [-0.1, -0.05) is 0 Å². The molecular weight excluding hydrogens is 384 g/mol. The molecule has 0 amide bonds. The van der Waals surface area contributed by atoms with E-state index in [4.69, 9.17) is 14.2 Å². The van der Waals surface area contributed by atoms with E-state index in [1.54, 1.807) is 24.4 Å². The van der Waals surface area contributed by atoms with Crippen molar-refractivity contribution >= 4 is 26.9 Å². The third-order valence-electron chi connectivity index (χ3n) is 3.75. The van der Waals surface area contributed by atoms with Gasteiger partial charge in [0.1, 0.15) is 17.3 Å². The summed E-state index contributed by atoms with van der Waals surface area (Å²) < 4.78 is 44.3. The Kier molecular flexibility index (Phi) is 6.97. The SMILES string of the molecule is CCOc1ccc(S(=O)(=O)N[C@@H](COC(C)(C)C)C(=O)OC)c2cccnc12. The van der Waals surface area contributed by atoms with E-state index in [2.05, 4.69) is 9.71 Å². The Bertz CT molecular complexity index is 937. The van der Waals surface area contributed by atoms with E-state index in [1.807, 2.05) is 27.7 Å². The number of carbonyl (C=O) groups is 1. The van der Waals surface area contributed by atoms with Gasteiger partial charge in [0.15, 0.2) is 0 Å². The fraction of sp³-hybridized carbons (Fsp3) is 0.474. The van der Waals surface area contributed by atoms with Crippen molar-refractivity contribution in [2.75, 3.05) is 20.3 Å². The van der Waals surface area contributed by atoms with Gasteiger partial charge in [-0.2, -0.15) is 4.72 Å². The molecule has 0 aliphatic heterocycles. The van der Waals surface area contributed by atoms with Crippen LogP contribution in [0.4, 0.5) is 0 Å². The zero-order chi connectivity index (χ0) is 20.9. The number of hydrogen-bond acceptors (Lipinski definition) is 7. The number of nitrogens with zero attached hydrogens (tertiary/aromatic N) is 1. The zero-order valence-corrected chi connectivity index (χ0v) is 17.5. The van der Waals surface area contributed by atoms with Gasteiger partial charge < -0.3 is 14.2 Å². The molecule has 1 aromatic heterocycles. The molecule has 9 heteroatoms. The highest BCUT2D eigenvalue weighted by molar-refractivity contribution is 7.89. The molecule has 0 unspecified atom stereocenters. The van der Waals surface area contributed by atoms with Crippen LogP contribution >= 0.6 is 0 Å². The predicted octanol–water partition coefficient (Wildman–Crippen LogP) is 2.27. The highest BCUT2D eigenvalue weighted by Crippen LogP contribution is 2.29. The molecule has 0 bridgehead atoms. The Labute approximate surface area is 165 Å². The second-order valence-electron chi connectivity index (χ2n) is 7.01. The quantitative estimate of drug-likeness (QED) is 0.666. The molecule has 1 atom stereocenters. The lowest BCUT2D eigenvalue weighted by atomic mass is 10.2. The number of sulfonamides is 1. The number of ether oxygens (including phenoxy) is 3. The number of aromatic nitrogens is 1. The molecule has 0 fully saturated rings. The number of hydrogen-bond donors (Lipinski definition) is 1. The molecule has 2 aromatic rings. The zero-order valence-electron chi connectivity index (χ0n) is 16.7. The van der Waals surface area contributed by atoms with E-state index in [0.717, 1.165) is 0 Å². The van der Waals surface area contributed by atoms with Crippen molar-refractivity contribution < 1.29 is 27.4 Å². The smallest absolute Gasteiger partial charge is 0.326 e. The van der Waals surface area contributed by atoms with Crippen molar-refractivity contribution in [3.63, 3.8) is 0 Å². The number of rotatable bonds is 8. The third kappa shape index (κ3) is 5.40. The number of esters is 1. The second-order valence-corrected chi connectivity index (χ2v) is 8.70. The fourth-order valence-electron chi connectivity index (χ4n) is 2.50. The van der Waals surface area contributed by atoms with E-state index in [1.165, 1.54) is 13.2 Å². The van der Waals surface area contributed by atoms with Crippen LogP contribution in [-0.4, -0.2) is 51.3 Å². The summed E-state index contributed by atoms with van der Waals surface area (Å²) in [4.78, 5) is 16.3. The maximum Gasteiger partial charge on any atom is 0.326 e. The van der Waals surface area contributed by atoms with Crippen molar-refractivity contribution in [2.45, 2.75) is 44.2 Å². The summed E-state index contributed by atoms with van der Waals surface area (Å²) >= 11 is 0. The topological polar surface area (TPSA) is 104 Å². The molecule has 0 saturated carbocycles. The summed E-state index contributed by atoms with van der Waals surface area (Å²) in [6.45, 7) is 7.51. The average molecular weight is 410 g/mol. The lowest BCUT2D eigenvalue weighted by molar-refractivity contribution is -0.145. The molecule has 28 heavy (non-hydrogen) atoms. The maximum atomic E-state index is 13.0. The number of fused-ring (bicyclic) bond motifs is 1. The summed E-state index contributed by atoms with van der Waals surface area (Å²) in [7, 11) is -2.88. The monoisotopic (exact) mass is 410 g/mol. The van der Waals surface area contributed by atoms with Crippen molar-refractivity contribution in [2.24, 2.45) is 0 Å². The number of nitrogens with one attached hydrogen (secondary N) is 1. The number of methoxy groups -OCH3 is 1. The summed E-state index contributed by atoms with van der Waals surface area (Å²) in [6, 6.07) is 5.06. The van der Waals surface area contributed by atoms with Crippen LogP contribution in [0.2, 0.25) is 0 Å². The molecule has 0 spiro atoms. The maximum absolute atomic E-state index is 13.0. The first-order valence-corrected chi connectivity index (χ1v) is 10.3. The van der Waals surface area contributed by atoms with Crippen LogP contribution in [0.5, 0.6) is 5.75 Å². The minimum absolute atomic E-state index is 0.0104. The largest absolute Gasteiger partial charge is 0.492 e. The Morgan fingerprint density at radius 1 is 1.25 bits per heavy atom.